The van der Waals surface area contributed by atoms with E-state index in [2.05, 4.69) is 16.7 Å². The third kappa shape index (κ3) is 2.10. The van der Waals surface area contributed by atoms with Crippen LogP contribution >= 0.6 is 0 Å². The molecule has 2 heterocycles. The Kier molecular flexibility index (Phi) is 3.37. The van der Waals surface area contributed by atoms with Crippen molar-refractivity contribution in [3.8, 4) is 5.88 Å². The molecule has 100 valence electrons. The molecular formula is C12H13N3O4. The fraction of sp³-hybridized carbons (Fsp3) is 0.250. The zero-order valence-corrected chi connectivity index (χ0v) is 10.3. The first-order chi connectivity index (χ1) is 9.10. The number of aromatic hydroxyl groups is 1. The molecule has 2 aromatic heterocycles. The van der Waals surface area contributed by atoms with Gasteiger partial charge in [0, 0.05) is 6.42 Å². The summed E-state index contributed by atoms with van der Waals surface area (Å²) in [5, 5.41) is 13.8. The van der Waals surface area contributed by atoms with E-state index in [4.69, 9.17) is 4.74 Å². The van der Waals surface area contributed by atoms with Crippen molar-refractivity contribution in [3.63, 3.8) is 0 Å². The Bertz CT molecular complexity index is 699. The predicted molar refractivity (Wildman–Crippen MR) is 67.3 cm³/mol. The van der Waals surface area contributed by atoms with Gasteiger partial charge in [0.1, 0.15) is 5.56 Å². The molecule has 7 nitrogen and oxygen atoms in total. The van der Waals surface area contributed by atoms with Crippen LogP contribution in [0.15, 0.2) is 23.6 Å². The summed E-state index contributed by atoms with van der Waals surface area (Å²) in [6, 6.07) is 0. The number of nitrogens with one attached hydrogen (secondary N) is 1. The molecule has 2 aromatic rings. The Labute approximate surface area is 108 Å². The molecule has 7 heteroatoms. The van der Waals surface area contributed by atoms with Gasteiger partial charge in [-0.05, 0) is 6.92 Å². The van der Waals surface area contributed by atoms with Crippen molar-refractivity contribution in [3.05, 3.63) is 40.3 Å². The Morgan fingerprint density at radius 1 is 1.68 bits per heavy atom. The van der Waals surface area contributed by atoms with Crippen molar-refractivity contribution in [2.75, 3.05) is 6.61 Å². The normalized spacial score (nSPS) is 10.6. The number of carbonyl (C=O) groups excluding carboxylic acids is 1. The van der Waals surface area contributed by atoms with Crippen molar-refractivity contribution in [1.82, 2.24) is 14.6 Å². The average Bonchev–Trinajstić information content (AvgIpc) is 2.78. The van der Waals surface area contributed by atoms with E-state index in [9.17, 15) is 14.7 Å². The Hall–Kier alpha value is -2.57. The molecule has 0 aliphatic heterocycles. The predicted octanol–water partition coefficient (Wildman–Crippen LogP) is 0.633. The smallest absolute Gasteiger partial charge is 0.343 e. The highest BCUT2D eigenvalue weighted by Crippen LogP contribution is 2.17. The van der Waals surface area contributed by atoms with E-state index in [1.54, 1.807) is 6.92 Å². The lowest BCUT2D eigenvalue weighted by Gasteiger charge is -2.04. The Balaban J connectivity index is 2.66. The molecular weight excluding hydrogens is 250 g/mol. The summed E-state index contributed by atoms with van der Waals surface area (Å²) in [4.78, 5) is 26.0. The van der Waals surface area contributed by atoms with Gasteiger partial charge in [-0.25, -0.2) is 4.79 Å². The summed E-state index contributed by atoms with van der Waals surface area (Å²) in [5.41, 5.74) is -0.148. The molecule has 2 N–H and O–H groups in total. The molecule has 0 atom stereocenters. The second-order valence-corrected chi connectivity index (χ2v) is 3.79. The van der Waals surface area contributed by atoms with Gasteiger partial charge in [-0.2, -0.15) is 9.61 Å². The van der Waals surface area contributed by atoms with E-state index in [0.717, 1.165) is 4.52 Å². The standard InChI is InChI=1S/C12H13N3O4/c1-3-5-7-10(16)14-9-8(12(18)19-4-2)6-13-15(9)11(7)17/h3,6,17H,1,4-5H2,2H3,(H,14,16). The molecule has 19 heavy (non-hydrogen) atoms. The Morgan fingerprint density at radius 2 is 2.42 bits per heavy atom. The van der Waals surface area contributed by atoms with Crippen LogP contribution in [0, 0.1) is 0 Å². The van der Waals surface area contributed by atoms with Crippen LogP contribution < -0.4 is 5.56 Å². The van der Waals surface area contributed by atoms with Gasteiger partial charge in [0.05, 0.1) is 18.4 Å². The maximum Gasteiger partial charge on any atom is 0.343 e. The molecule has 0 saturated heterocycles. The van der Waals surface area contributed by atoms with Crippen molar-refractivity contribution in [1.29, 1.82) is 0 Å². The zero-order chi connectivity index (χ0) is 14.0. The molecule has 0 aliphatic rings. The van der Waals surface area contributed by atoms with E-state index in [1.165, 1.54) is 12.3 Å². The van der Waals surface area contributed by atoms with E-state index < -0.39 is 11.5 Å². The molecule has 0 radical (unpaired) electrons. The molecule has 0 fully saturated rings. The van der Waals surface area contributed by atoms with Crippen LogP contribution in [-0.2, 0) is 11.2 Å². The highest BCUT2D eigenvalue weighted by molar-refractivity contribution is 5.95. The third-order valence-corrected chi connectivity index (χ3v) is 2.59. The number of carbonyl (C=O) groups is 1. The molecule has 0 amide bonds. The first-order valence-corrected chi connectivity index (χ1v) is 5.70. The highest BCUT2D eigenvalue weighted by atomic mass is 16.5. The first kappa shape index (κ1) is 12.9. The number of hydrogen-bond donors (Lipinski definition) is 2. The van der Waals surface area contributed by atoms with Crippen LogP contribution in [0.2, 0.25) is 0 Å². The second-order valence-electron chi connectivity index (χ2n) is 3.79. The molecule has 0 spiro atoms. The number of hydrogen-bond acceptors (Lipinski definition) is 5. The monoisotopic (exact) mass is 263 g/mol. The van der Waals surface area contributed by atoms with Gasteiger partial charge in [0.15, 0.2) is 5.65 Å². The van der Waals surface area contributed by atoms with Gasteiger partial charge in [-0.15, -0.1) is 6.58 Å². The number of ether oxygens (including phenoxy) is 1. The van der Waals surface area contributed by atoms with Crippen LogP contribution in [-0.4, -0.2) is 32.3 Å². The van der Waals surface area contributed by atoms with Crippen LogP contribution in [0.25, 0.3) is 5.65 Å². The number of rotatable bonds is 4. The van der Waals surface area contributed by atoms with Gasteiger partial charge >= 0.3 is 5.97 Å². The number of esters is 1. The third-order valence-electron chi connectivity index (χ3n) is 2.59. The fourth-order valence-corrected chi connectivity index (χ4v) is 1.73. The maximum absolute atomic E-state index is 11.8. The molecule has 0 bridgehead atoms. The van der Waals surface area contributed by atoms with Crippen molar-refractivity contribution in [2.45, 2.75) is 13.3 Å². The number of allylic oxidation sites excluding steroid dienone is 1. The summed E-state index contributed by atoms with van der Waals surface area (Å²) in [7, 11) is 0. The minimum absolute atomic E-state index is 0.0967. The van der Waals surface area contributed by atoms with Gasteiger partial charge in [0.2, 0.25) is 5.88 Å². The average molecular weight is 263 g/mol. The lowest BCUT2D eigenvalue weighted by molar-refractivity contribution is 0.0528. The minimum Gasteiger partial charge on any atom is -0.493 e. The number of nitrogens with zero attached hydrogens (tertiary/aromatic N) is 2. The summed E-state index contributed by atoms with van der Waals surface area (Å²) in [5.74, 6) is -0.918. The molecule has 2 rings (SSSR count). The molecule has 0 saturated carbocycles. The SMILES string of the molecule is C=CCc1c(O)n2ncc(C(=O)OCC)c2[nH]c1=O. The number of H-pyrrole nitrogens is 1. The van der Waals surface area contributed by atoms with Gasteiger partial charge in [-0.3, -0.25) is 4.79 Å². The van der Waals surface area contributed by atoms with E-state index in [-0.39, 0.29) is 35.7 Å². The van der Waals surface area contributed by atoms with Crippen LogP contribution in [0.1, 0.15) is 22.8 Å². The van der Waals surface area contributed by atoms with Gasteiger partial charge < -0.3 is 14.8 Å². The van der Waals surface area contributed by atoms with E-state index in [1.807, 2.05) is 0 Å². The van der Waals surface area contributed by atoms with Crippen LogP contribution in [0.3, 0.4) is 0 Å². The van der Waals surface area contributed by atoms with E-state index >= 15 is 0 Å². The largest absolute Gasteiger partial charge is 0.493 e. The topological polar surface area (TPSA) is 96.7 Å². The summed E-state index contributed by atoms with van der Waals surface area (Å²) < 4.78 is 5.93. The summed E-state index contributed by atoms with van der Waals surface area (Å²) in [6.07, 6.45) is 2.93. The van der Waals surface area contributed by atoms with E-state index in [0.29, 0.717) is 0 Å². The van der Waals surface area contributed by atoms with Crippen molar-refractivity contribution >= 4 is 11.6 Å². The fourth-order valence-electron chi connectivity index (χ4n) is 1.73. The minimum atomic E-state index is -0.607. The second kappa shape index (κ2) is 4.97. The van der Waals surface area contributed by atoms with Gasteiger partial charge in [0.25, 0.3) is 5.56 Å². The molecule has 0 aromatic carbocycles. The van der Waals surface area contributed by atoms with Gasteiger partial charge in [-0.1, -0.05) is 6.08 Å². The van der Waals surface area contributed by atoms with Crippen molar-refractivity contribution in [2.24, 2.45) is 0 Å². The number of aromatic amines is 1. The lowest BCUT2D eigenvalue weighted by atomic mass is 10.2. The molecule has 0 unspecified atom stereocenters. The maximum atomic E-state index is 11.8. The first-order valence-electron chi connectivity index (χ1n) is 5.70. The lowest BCUT2D eigenvalue weighted by Crippen LogP contribution is -2.16. The highest BCUT2D eigenvalue weighted by Gasteiger charge is 2.19. The summed E-state index contributed by atoms with van der Waals surface area (Å²) in [6.45, 7) is 5.39. The van der Waals surface area contributed by atoms with Crippen LogP contribution in [0.4, 0.5) is 0 Å². The number of aromatic nitrogens is 3. The Morgan fingerprint density at radius 3 is 3.05 bits per heavy atom. The number of fused-ring (bicyclic) bond motifs is 1. The van der Waals surface area contributed by atoms with Crippen LogP contribution in [0.5, 0.6) is 5.88 Å². The van der Waals surface area contributed by atoms with Crippen molar-refractivity contribution < 1.29 is 14.6 Å². The molecule has 0 aliphatic carbocycles. The zero-order valence-electron chi connectivity index (χ0n) is 10.3. The quantitative estimate of drug-likeness (QED) is 0.623. The summed E-state index contributed by atoms with van der Waals surface area (Å²) >= 11 is 0.